The van der Waals surface area contributed by atoms with Crippen LogP contribution in [-0.4, -0.2) is 33.4 Å². The number of aromatic nitrogens is 2. The Morgan fingerprint density at radius 2 is 1.65 bits per heavy atom. The van der Waals surface area contributed by atoms with E-state index in [-0.39, 0.29) is 28.7 Å². The van der Waals surface area contributed by atoms with Crippen LogP contribution in [0.4, 0.5) is 4.79 Å². The van der Waals surface area contributed by atoms with Crippen molar-refractivity contribution in [3.8, 4) is 0 Å². The van der Waals surface area contributed by atoms with Gasteiger partial charge in [-0.3, -0.25) is 4.57 Å². The number of halogens is 2. The van der Waals surface area contributed by atoms with Crippen molar-refractivity contribution in [2.24, 2.45) is 0 Å². The molecule has 0 aliphatic carbocycles. The highest BCUT2D eigenvalue weighted by Gasteiger charge is 2.25. The van der Waals surface area contributed by atoms with Crippen LogP contribution in [0.15, 0.2) is 41.2 Å². The molecule has 1 heterocycles. The van der Waals surface area contributed by atoms with Gasteiger partial charge in [0, 0.05) is 0 Å². The van der Waals surface area contributed by atoms with E-state index in [2.05, 4.69) is 0 Å². The first-order chi connectivity index (χ1) is 14.5. The van der Waals surface area contributed by atoms with Crippen molar-refractivity contribution in [3.05, 3.63) is 68.1 Å². The molecule has 0 saturated carbocycles. The first-order valence-electron chi connectivity index (χ1n) is 9.62. The molecule has 0 fully saturated rings. The van der Waals surface area contributed by atoms with E-state index < -0.39 is 23.4 Å². The molecular weight excluding hydrogens is 443 g/mol. The molecule has 0 bridgehead atoms. The topological polar surface area (TPSA) is 79.5 Å². The molecule has 9 heteroatoms. The van der Waals surface area contributed by atoms with Crippen LogP contribution >= 0.6 is 23.2 Å². The molecule has 0 saturated heterocycles. The average molecular weight is 465 g/mol. The molecule has 0 N–H and O–H groups in total. The second-order valence-corrected chi connectivity index (χ2v) is 8.63. The Bertz CT molecular complexity index is 1220. The van der Waals surface area contributed by atoms with Crippen molar-refractivity contribution in [3.63, 3.8) is 0 Å². The number of carbonyl (C=O) groups excluding carboxylic acids is 2. The molecule has 3 rings (SSSR count). The second-order valence-electron chi connectivity index (χ2n) is 7.82. The molecule has 0 amide bonds. The minimum atomic E-state index is -0.835. The maximum absolute atomic E-state index is 13.3. The summed E-state index contributed by atoms with van der Waals surface area (Å²) in [6.45, 7) is 7.06. The van der Waals surface area contributed by atoms with E-state index in [1.807, 2.05) is 0 Å². The standard InChI is InChI=1S/C22H22Cl2N2O5/c1-5-30-19(27)14-9-7-6-8-13(14)12-25-17-10-15(23)16(24)11-18(17)26(20(25)28)21(29)31-22(2,3)4/h6-11H,5,12H2,1-4H3. The number of carbonyl (C=O) groups is 2. The number of benzene rings is 2. The molecule has 0 atom stereocenters. The third kappa shape index (κ3) is 4.78. The Labute approximate surface area is 189 Å². The summed E-state index contributed by atoms with van der Waals surface area (Å²) in [4.78, 5) is 38.4. The van der Waals surface area contributed by atoms with E-state index in [9.17, 15) is 14.4 Å². The lowest BCUT2D eigenvalue weighted by Crippen LogP contribution is -2.34. The van der Waals surface area contributed by atoms with Crippen molar-refractivity contribution >= 4 is 46.3 Å². The molecule has 7 nitrogen and oxygen atoms in total. The number of hydrogen-bond donors (Lipinski definition) is 0. The van der Waals surface area contributed by atoms with Gasteiger partial charge in [-0.05, 0) is 51.5 Å². The van der Waals surface area contributed by atoms with Crippen LogP contribution in [0.2, 0.25) is 10.0 Å². The van der Waals surface area contributed by atoms with E-state index in [4.69, 9.17) is 32.7 Å². The number of esters is 1. The van der Waals surface area contributed by atoms with Crippen molar-refractivity contribution in [1.82, 2.24) is 9.13 Å². The lowest BCUT2D eigenvalue weighted by atomic mass is 10.1. The summed E-state index contributed by atoms with van der Waals surface area (Å²) >= 11 is 12.3. The van der Waals surface area contributed by atoms with Crippen molar-refractivity contribution in [2.45, 2.75) is 39.8 Å². The Morgan fingerprint density at radius 3 is 2.26 bits per heavy atom. The van der Waals surface area contributed by atoms with Gasteiger partial charge in [-0.2, -0.15) is 4.57 Å². The van der Waals surface area contributed by atoms with Crippen LogP contribution < -0.4 is 5.69 Å². The number of ether oxygens (including phenoxy) is 2. The highest BCUT2D eigenvalue weighted by Crippen LogP contribution is 2.28. The predicted molar refractivity (Wildman–Crippen MR) is 119 cm³/mol. The fourth-order valence-electron chi connectivity index (χ4n) is 3.12. The summed E-state index contributed by atoms with van der Waals surface area (Å²) in [6.07, 6.45) is -0.835. The summed E-state index contributed by atoms with van der Waals surface area (Å²) in [5.74, 6) is -0.497. The van der Waals surface area contributed by atoms with Gasteiger partial charge >= 0.3 is 17.8 Å². The van der Waals surface area contributed by atoms with Crippen molar-refractivity contribution in [1.29, 1.82) is 0 Å². The SMILES string of the molecule is CCOC(=O)c1ccccc1Cn1c(=O)n(C(=O)OC(C)(C)C)c2cc(Cl)c(Cl)cc21. The maximum Gasteiger partial charge on any atom is 0.423 e. The Morgan fingerprint density at radius 1 is 1.03 bits per heavy atom. The molecule has 0 unspecified atom stereocenters. The van der Waals surface area contributed by atoms with E-state index in [1.54, 1.807) is 52.0 Å². The van der Waals surface area contributed by atoms with Gasteiger partial charge in [-0.15, -0.1) is 0 Å². The van der Waals surface area contributed by atoms with Gasteiger partial charge in [-0.25, -0.2) is 14.4 Å². The molecule has 1 aromatic heterocycles. The Hall–Kier alpha value is -2.77. The number of fused-ring (bicyclic) bond motifs is 1. The zero-order valence-electron chi connectivity index (χ0n) is 17.6. The molecule has 0 spiro atoms. The van der Waals surface area contributed by atoms with Crippen LogP contribution in [0.25, 0.3) is 11.0 Å². The number of imidazole rings is 1. The summed E-state index contributed by atoms with van der Waals surface area (Å²) < 4.78 is 12.8. The third-order valence-corrected chi connectivity index (χ3v) is 5.11. The van der Waals surface area contributed by atoms with Crippen LogP contribution in [0.3, 0.4) is 0 Å². The monoisotopic (exact) mass is 464 g/mol. The quantitative estimate of drug-likeness (QED) is 0.500. The number of nitrogens with zero attached hydrogens (tertiary/aromatic N) is 2. The lowest BCUT2D eigenvalue weighted by Gasteiger charge is -2.19. The van der Waals surface area contributed by atoms with Crippen molar-refractivity contribution in [2.75, 3.05) is 6.61 Å². The average Bonchev–Trinajstić information content (AvgIpc) is 2.92. The Balaban J connectivity index is 2.20. The predicted octanol–water partition coefficient (Wildman–Crippen LogP) is 5.12. The van der Waals surface area contributed by atoms with Gasteiger partial charge in [0.25, 0.3) is 0 Å². The van der Waals surface area contributed by atoms with Crippen molar-refractivity contribution < 1.29 is 19.1 Å². The van der Waals surface area contributed by atoms with Gasteiger partial charge in [-0.1, -0.05) is 41.4 Å². The lowest BCUT2D eigenvalue weighted by molar-refractivity contribution is 0.0517. The first kappa shape index (κ1) is 22.9. The third-order valence-electron chi connectivity index (χ3n) is 4.39. The largest absolute Gasteiger partial charge is 0.462 e. The fraction of sp³-hybridized carbons (Fsp3) is 0.318. The molecule has 2 aromatic carbocycles. The van der Waals surface area contributed by atoms with Crippen LogP contribution in [-0.2, 0) is 16.0 Å². The van der Waals surface area contributed by atoms with E-state index in [0.717, 1.165) is 4.57 Å². The minimum Gasteiger partial charge on any atom is -0.462 e. The van der Waals surface area contributed by atoms with Crippen LogP contribution in [0.5, 0.6) is 0 Å². The first-order valence-corrected chi connectivity index (χ1v) is 10.4. The van der Waals surface area contributed by atoms with Crippen LogP contribution in [0.1, 0.15) is 43.6 Å². The molecule has 0 aliphatic rings. The zero-order valence-corrected chi connectivity index (χ0v) is 19.1. The minimum absolute atomic E-state index is 0.0120. The Kier molecular flexibility index (Phi) is 6.48. The van der Waals surface area contributed by atoms with E-state index >= 15 is 0 Å². The second kappa shape index (κ2) is 8.77. The van der Waals surface area contributed by atoms with Gasteiger partial charge < -0.3 is 9.47 Å². The normalized spacial score (nSPS) is 11.5. The van der Waals surface area contributed by atoms with E-state index in [1.165, 1.54) is 16.7 Å². The summed E-state index contributed by atoms with van der Waals surface area (Å²) in [7, 11) is 0. The van der Waals surface area contributed by atoms with Gasteiger partial charge in [0.05, 0.1) is 39.8 Å². The molecule has 3 aromatic rings. The highest BCUT2D eigenvalue weighted by molar-refractivity contribution is 6.42. The number of rotatable bonds is 4. The summed E-state index contributed by atoms with van der Waals surface area (Å²) in [5, 5.41) is 0.415. The van der Waals surface area contributed by atoms with E-state index in [0.29, 0.717) is 16.6 Å². The fourth-order valence-corrected chi connectivity index (χ4v) is 3.44. The summed E-state index contributed by atoms with van der Waals surface area (Å²) in [6, 6.07) is 9.74. The van der Waals surface area contributed by atoms with Gasteiger partial charge in [0.1, 0.15) is 5.60 Å². The molecular formula is C22H22Cl2N2O5. The maximum atomic E-state index is 13.3. The molecule has 0 radical (unpaired) electrons. The van der Waals surface area contributed by atoms with Crippen LogP contribution in [0, 0.1) is 0 Å². The molecule has 31 heavy (non-hydrogen) atoms. The summed E-state index contributed by atoms with van der Waals surface area (Å²) in [5.41, 5.74) is 0.0665. The van der Waals surface area contributed by atoms with Gasteiger partial charge in [0.15, 0.2) is 0 Å². The molecule has 164 valence electrons. The number of hydrogen-bond acceptors (Lipinski definition) is 5. The smallest absolute Gasteiger partial charge is 0.423 e. The zero-order chi connectivity index (χ0) is 22.9. The highest BCUT2D eigenvalue weighted by atomic mass is 35.5. The van der Waals surface area contributed by atoms with Gasteiger partial charge in [0.2, 0.25) is 0 Å². The molecule has 0 aliphatic heterocycles.